The molecule has 0 aliphatic carbocycles. The Morgan fingerprint density at radius 3 is 2.67 bits per heavy atom. The molecule has 68 valence electrons. The molecule has 1 unspecified atom stereocenters. The van der Waals surface area contributed by atoms with Crippen molar-refractivity contribution in [3.8, 4) is 0 Å². The molecule has 1 aromatic rings. The first kappa shape index (κ1) is 9.19. The van der Waals surface area contributed by atoms with E-state index in [1.54, 1.807) is 0 Å². The van der Waals surface area contributed by atoms with Crippen molar-refractivity contribution in [3.05, 3.63) is 24.2 Å². The van der Waals surface area contributed by atoms with Gasteiger partial charge in [-0.3, -0.25) is 0 Å². The second kappa shape index (κ2) is 3.23. The summed E-state index contributed by atoms with van der Waals surface area (Å²) in [6, 6.07) is 2.81. The summed E-state index contributed by atoms with van der Waals surface area (Å²) >= 11 is 0. The van der Waals surface area contributed by atoms with Crippen LogP contribution in [-0.4, -0.2) is 11.5 Å². The highest BCUT2D eigenvalue weighted by molar-refractivity contribution is 5.09. The summed E-state index contributed by atoms with van der Waals surface area (Å²) in [5.41, 5.74) is -2.14. The van der Waals surface area contributed by atoms with Crippen LogP contribution < -0.4 is 0 Å². The van der Waals surface area contributed by atoms with E-state index in [2.05, 4.69) is 0 Å². The molecule has 4 heteroatoms. The fraction of sp³-hybridized carbons (Fsp3) is 0.500. The van der Waals surface area contributed by atoms with Crippen LogP contribution in [-0.2, 0) is 5.60 Å². The molecule has 1 rings (SSSR count). The van der Waals surface area contributed by atoms with Crippen molar-refractivity contribution in [1.29, 1.82) is 0 Å². The molecule has 0 aromatic carbocycles. The Hall–Kier alpha value is -0.900. The predicted molar refractivity (Wildman–Crippen MR) is 38.9 cm³/mol. The van der Waals surface area contributed by atoms with Crippen molar-refractivity contribution in [2.75, 3.05) is 0 Å². The first-order valence-electron chi connectivity index (χ1n) is 3.65. The van der Waals surface area contributed by atoms with Gasteiger partial charge in [0.2, 0.25) is 0 Å². The molecular formula is C8H10F2O2. The summed E-state index contributed by atoms with van der Waals surface area (Å²) in [6.07, 6.45) is -1.63. The molecule has 1 aromatic heterocycles. The minimum Gasteiger partial charge on any atom is -0.466 e. The number of hydrogen-bond donors (Lipinski definition) is 1. The van der Waals surface area contributed by atoms with Crippen LogP contribution in [0.15, 0.2) is 22.8 Å². The molecular weight excluding hydrogens is 166 g/mol. The van der Waals surface area contributed by atoms with Gasteiger partial charge in [0.25, 0.3) is 6.43 Å². The Balaban J connectivity index is 2.96. The van der Waals surface area contributed by atoms with Gasteiger partial charge in [-0.2, -0.15) is 0 Å². The quantitative estimate of drug-likeness (QED) is 0.765. The lowest BCUT2D eigenvalue weighted by Crippen LogP contribution is -2.32. The van der Waals surface area contributed by atoms with Gasteiger partial charge in [-0.1, -0.05) is 6.92 Å². The lowest BCUT2D eigenvalue weighted by atomic mass is 9.98. The summed E-state index contributed by atoms with van der Waals surface area (Å²) in [5, 5.41) is 9.41. The zero-order chi connectivity index (χ0) is 9.19. The van der Waals surface area contributed by atoms with Gasteiger partial charge >= 0.3 is 0 Å². The molecule has 0 saturated heterocycles. The highest BCUT2D eigenvalue weighted by Crippen LogP contribution is 2.31. The monoisotopic (exact) mass is 176 g/mol. The molecule has 0 saturated carbocycles. The molecule has 0 spiro atoms. The summed E-state index contributed by atoms with van der Waals surface area (Å²) in [7, 11) is 0. The van der Waals surface area contributed by atoms with Gasteiger partial charge in [0.1, 0.15) is 5.76 Å². The lowest BCUT2D eigenvalue weighted by Gasteiger charge is -2.22. The van der Waals surface area contributed by atoms with E-state index in [1.807, 2.05) is 0 Å². The topological polar surface area (TPSA) is 33.4 Å². The van der Waals surface area contributed by atoms with Crippen LogP contribution in [0.3, 0.4) is 0 Å². The highest BCUT2D eigenvalue weighted by Gasteiger charge is 2.40. The summed E-state index contributed by atoms with van der Waals surface area (Å²) in [4.78, 5) is 0. The van der Waals surface area contributed by atoms with E-state index in [1.165, 1.54) is 25.3 Å². The van der Waals surface area contributed by atoms with Gasteiger partial charge in [-0.15, -0.1) is 0 Å². The average Bonchev–Trinajstić information content (AvgIpc) is 2.54. The van der Waals surface area contributed by atoms with Crippen molar-refractivity contribution >= 4 is 0 Å². The van der Waals surface area contributed by atoms with Gasteiger partial charge < -0.3 is 9.52 Å². The molecule has 1 atom stereocenters. The molecule has 0 radical (unpaired) electrons. The van der Waals surface area contributed by atoms with Gasteiger partial charge in [0.15, 0.2) is 5.60 Å². The number of alkyl halides is 2. The fourth-order valence-corrected chi connectivity index (χ4v) is 0.961. The van der Waals surface area contributed by atoms with Crippen LogP contribution in [0.2, 0.25) is 0 Å². The Morgan fingerprint density at radius 1 is 1.67 bits per heavy atom. The Labute approximate surface area is 68.8 Å². The molecule has 1 heterocycles. The van der Waals surface area contributed by atoms with E-state index in [9.17, 15) is 13.9 Å². The zero-order valence-electron chi connectivity index (χ0n) is 6.63. The van der Waals surface area contributed by atoms with Crippen molar-refractivity contribution in [2.24, 2.45) is 0 Å². The second-order valence-electron chi connectivity index (χ2n) is 2.56. The van der Waals surface area contributed by atoms with Gasteiger partial charge in [-0.05, 0) is 18.6 Å². The molecule has 0 aliphatic rings. The fourth-order valence-electron chi connectivity index (χ4n) is 0.961. The maximum absolute atomic E-state index is 12.3. The summed E-state index contributed by atoms with van der Waals surface area (Å²) in [5.74, 6) is -0.0833. The lowest BCUT2D eigenvalue weighted by molar-refractivity contribution is -0.116. The maximum Gasteiger partial charge on any atom is 0.274 e. The van der Waals surface area contributed by atoms with E-state index in [4.69, 9.17) is 4.42 Å². The third-order valence-corrected chi connectivity index (χ3v) is 1.85. The summed E-state index contributed by atoms with van der Waals surface area (Å²) in [6.45, 7) is 1.48. The van der Waals surface area contributed by atoms with Crippen molar-refractivity contribution in [2.45, 2.75) is 25.4 Å². The first-order chi connectivity index (χ1) is 5.61. The molecule has 2 nitrogen and oxygen atoms in total. The third-order valence-electron chi connectivity index (χ3n) is 1.85. The number of halogens is 2. The molecule has 0 bridgehead atoms. The van der Waals surface area contributed by atoms with E-state index < -0.39 is 12.0 Å². The van der Waals surface area contributed by atoms with Crippen LogP contribution in [0.4, 0.5) is 8.78 Å². The largest absolute Gasteiger partial charge is 0.466 e. The minimum atomic E-state index is -2.83. The predicted octanol–water partition coefficient (Wildman–Crippen LogP) is 2.14. The second-order valence-corrected chi connectivity index (χ2v) is 2.56. The van der Waals surface area contributed by atoms with E-state index in [-0.39, 0.29) is 12.2 Å². The van der Waals surface area contributed by atoms with Gasteiger partial charge in [-0.25, -0.2) is 8.78 Å². The number of rotatable bonds is 3. The normalized spacial score (nSPS) is 16.4. The first-order valence-corrected chi connectivity index (χ1v) is 3.65. The van der Waals surface area contributed by atoms with Crippen LogP contribution in [0.1, 0.15) is 19.1 Å². The Morgan fingerprint density at radius 2 is 2.33 bits per heavy atom. The smallest absolute Gasteiger partial charge is 0.274 e. The SMILES string of the molecule is CCC(O)(c1ccco1)C(F)F. The van der Waals surface area contributed by atoms with Crippen LogP contribution in [0.25, 0.3) is 0 Å². The van der Waals surface area contributed by atoms with Crippen molar-refractivity contribution in [1.82, 2.24) is 0 Å². The third kappa shape index (κ3) is 1.34. The number of aliphatic hydroxyl groups is 1. The molecule has 0 aliphatic heterocycles. The number of furan rings is 1. The van der Waals surface area contributed by atoms with Gasteiger partial charge in [0.05, 0.1) is 6.26 Å². The van der Waals surface area contributed by atoms with E-state index >= 15 is 0 Å². The Bertz CT molecular complexity index is 233. The molecule has 0 fully saturated rings. The van der Waals surface area contributed by atoms with Gasteiger partial charge in [0, 0.05) is 0 Å². The maximum atomic E-state index is 12.3. The summed E-state index contributed by atoms with van der Waals surface area (Å²) < 4.78 is 29.4. The zero-order valence-corrected chi connectivity index (χ0v) is 6.63. The van der Waals surface area contributed by atoms with Crippen LogP contribution in [0.5, 0.6) is 0 Å². The van der Waals surface area contributed by atoms with Crippen LogP contribution in [0, 0.1) is 0 Å². The van der Waals surface area contributed by atoms with Crippen molar-refractivity contribution < 1.29 is 18.3 Å². The Kier molecular flexibility index (Phi) is 2.47. The van der Waals surface area contributed by atoms with Crippen molar-refractivity contribution in [3.63, 3.8) is 0 Å². The minimum absolute atomic E-state index is 0.0713. The van der Waals surface area contributed by atoms with Crippen LogP contribution >= 0.6 is 0 Å². The molecule has 0 amide bonds. The highest BCUT2D eigenvalue weighted by atomic mass is 19.3. The van der Waals surface area contributed by atoms with E-state index in [0.29, 0.717) is 0 Å². The molecule has 1 N–H and O–H groups in total. The average molecular weight is 176 g/mol. The van der Waals surface area contributed by atoms with E-state index in [0.717, 1.165) is 0 Å². The number of hydrogen-bond acceptors (Lipinski definition) is 2. The standard InChI is InChI=1S/C8H10F2O2/c1-2-8(11,7(9)10)6-4-3-5-12-6/h3-5,7,11H,2H2,1H3. The molecule has 12 heavy (non-hydrogen) atoms.